The fraction of sp³-hybridized carbons (Fsp3) is 0.417. The lowest BCUT2D eigenvalue weighted by molar-refractivity contribution is -0.121. The number of fused-ring (bicyclic) bond motifs is 2. The molecule has 0 aromatic heterocycles. The molecule has 10 heteroatoms. The molecule has 0 unspecified atom stereocenters. The van der Waals surface area contributed by atoms with E-state index in [0.717, 1.165) is 24.8 Å². The number of aryl methyl sites for hydroxylation is 1. The van der Waals surface area contributed by atoms with Crippen LogP contribution in [0.4, 0.5) is 11.4 Å². The first-order valence-electron chi connectivity index (χ1n) is 11.5. The van der Waals surface area contributed by atoms with Gasteiger partial charge in [-0.3, -0.25) is 9.59 Å². The van der Waals surface area contributed by atoms with E-state index < -0.39 is 10.0 Å². The second-order valence-electron chi connectivity index (χ2n) is 8.64. The normalized spacial score (nSPS) is 18.4. The Kier molecular flexibility index (Phi) is 6.18. The van der Waals surface area contributed by atoms with Crippen LogP contribution in [-0.4, -0.2) is 57.4 Å². The Labute approximate surface area is 198 Å². The summed E-state index contributed by atoms with van der Waals surface area (Å²) in [6.45, 7) is 1.82. The molecule has 1 fully saturated rings. The predicted octanol–water partition coefficient (Wildman–Crippen LogP) is 2.55. The van der Waals surface area contributed by atoms with Crippen LogP contribution in [0.1, 0.15) is 31.2 Å². The number of nitrogens with one attached hydrogen (secondary N) is 1. The van der Waals surface area contributed by atoms with Crippen molar-refractivity contribution in [2.45, 2.75) is 37.0 Å². The molecule has 0 aliphatic carbocycles. The van der Waals surface area contributed by atoms with E-state index >= 15 is 0 Å². The zero-order valence-corrected chi connectivity index (χ0v) is 19.6. The van der Waals surface area contributed by atoms with Gasteiger partial charge in [0, 0.05) is 37.0 Å². The quantitative estimate of drug-likeness (QED) is 0.698. The van der Waals surface area contributed by atoms with Crippen LogP contribution in [0.15, 0.2) is 41.3 Å². The summed E-state index contributed by atoms with van der Waals surface area (Å²) in [6, 6.07) is 9.96. The smallest absolute Gasteiger partial charge is 0.244 e. The molecule has 3 aliphatic rings. The zero-order chi connectivity index (χ0) is 23.7. The fourth-order valence-electron chi connectivity index (χ4n) is 4.59. The molecule has 0 bridgehead atoms. The molecule has 0 saturated carbocycles. The molecule has 2 amide bonds. The van der Waals surface area contributed by atoms with Crippen molar-refractivity contribution in [3.63, 3.8) is 0 Å². The molecular formula is C24H27N3O6S. The number of piperidine rings is 1. The lowest BCUT2D eigenvalue weighted by Crippen LogP contribution is -2.41. The van der Waals surface area contributed by atoms with Gasteiger partial charge in [0.25, 0.3) is 0 Å². The van der Waals surface area contributed by atoms with Crippen LogP contribution >= 0.6 is 0 Å². The maximum atomic E-state index is 13.1. The van der Waals surface area contributed by atoms with Crippen molar-refractivity contribution < 1.29 is 27.5 Å². The van der Waals surface area contributed by atoms with Gasteiger partial charge in [0.15, 0.2) is 11.5 Å². The summed E-state index contributed by atoms with van der Waals surface area (Å²) in [7, 11) is -3.57. The topological polar surface area (TPSA) is 105 Å². The van der Waals surface area contributed by atoms with Crippen LogP contribution < -0.4 is 19.7 Å². The highest BCUT2D eigenvalue weighted by Crippen LogP contribution is 2.34. The summed E-state index contributed by atoms with van der Waals surface area (Å²) in [5.41, 5.74) is 1.87. The average molecular weight is 486 g/mol. The Hall–Kier alpha value is -3.11. The van der Waals surface area contributed by atoms with Crippen molar-refractivity contribution >= 4 is 33.2 Å². The highest BCUT2D eigenvalue weighted by molar-refractivity contribution is 7.89. The van der Waals surface area contributed by atoms with E-state index in [9.17, 15) is 18.0 Å². The van der Waals surface area contributed by atoms with Crippen molar-refractivity contribution in [1.29, 1.82) is 0 Å². The first-order chi connectivity index (χ1) is 16.4. The number of carbonyl (C=O) groups is 2. The molecule has 1 N–H and O–H groups in total. The van der Waals surface area contributed by atoms with E-state index in [1.807, 2.05) is 0 Å². The standard InChI is InChI=1S/C24H27N3O6S/c28-23(25-18-5-8-21-22(15-18)33-13-12-32-21)16-27-20-7-6-19(14-17(20)4-9-24(27)29)34(30,31)26-10-2-1-3-11-26/h5-8,14-15H,1-4,9-13,16H2,(H,25,28). The van der Waals surface area contributed by atoms with Gasteiger partial charge < -0.3 is 19.7 Å². The number of carbonyl (C=O) groups excluding carboxylic acids is 2. The number of benzene rings is 2. The summed E-state index contributed by atoms with van der Waals surface area (Å²) in [5, 5.41) is 2.80. The Bertz CT molecular complexity index is 1220. The summed E-state index contributed by atoms with van der Waals surface area (Å²) in [6.07, 6.45) is 3.44. The largest absolute Gasteiger partial charge is 0.486 e. The average Bonchev–Trinajstić information content (AvgIpc) is 2.86. The van der Waals surface area contributed by atoms with Gasteiger partial charge in [-0.15, -0.1) is 0 Å². The van der Waals surface area contributed by atoms with Crippen LogP contribution in [0.2, 0.25) is 0 Å². The van der Waals surface area contributed by atoms with Gasteiger partial charge in [-0.25, -0.2) is 8.42 Å². The van der Waals surface area contributed by atoms with Crippen LogP contribution in [0.25, 0.3) is 0 Å². The third kappa shape index (κ3) is 4.47. The lowest BCUT2D eigenvalue weighted by Gasteiger charge is -2.30. The predicted molar refractivity (Wildman–Crippen MR) is 126 cm³/mol. The van der Waals surface area contributed by atoms with Crippen LogP contribution in [0.5, 0.6) is 11.5 Å². The molecular weight excluding hydrogens is 458 g/mol. The minimum atomic E-state index is -3.57. The van der Waals surface area contributed by atoms with Gasteiger partial charge in [0.2, 0.25) is 21.8 Å². The van der Waals surface area contributed by atoms with Crippen molar-refractivity contribution in [1.82, 2.24) is 4.31 Å². The zero-order valence-electron chi connectivity index (χ0n) is 18.8. The minimum Gasteiger partial charge on any atom is -0.486 e. The number of sulfonamides is 1. The first-order valence-corrected chi connectivity index (χ1v) is 13.0. The monoisotopic (exact) mass is 485 g/mol. The van der Waals surface area contributed by atoms with Gasteiger partial charge in [0.1, 0.15) is 19.8 Å². The number of hydrogen-bond donors (Lipinski definition) is 1. The fourth-order valence-corrected chi connectivity index (χ4v) is 6.16. The van der Waals surface area contributed by atoms with Crippen molar-refractivity contribution in [3.05, 3.63) is 42.0 Å². The number of ether oxygens (including phenoxy) is 2. The van der Waals surface area contributed by atoms with E-state index in [4.69, 9.17) is 9.47 Å². The van der Waals surface area contributed by atoms with Gasteiger partial charge in [-0.2, -0.15) is 4.31 Å². The molecule has 2 aromatic carbocycles. The van der Waals surface area contributed by atoms with E-state index in [-0.39, 0.29) is 29.7 Å². The van der Waals surface area contributed by atoms with E-state index in [2.05, 4.69) is 5.32 Å². The molecule has 180 valence electrons. The third-order valence-corrected chi connectivity index (χ3v) is 8.23. The first kappa shape index (κ1) is 22.7. The number of anilines is 2. The maximum absolute atomic E-state index is 13.1. The molecule has 0 atom stereocenters. The Morgan fingerprint density at radius 1 is 0.941 bits per heavy atom. The van der Waals surface area contributed by atoms with Crippen LogP contribution in [-0.2, 0) is 26.0 Å². The number of nitrogens with zero attached hydrogens (tertiary/aromatic N) is 2. The summed E-state index contributed by atoms with van der Waals surface area (Å²) >= 11 is 0. The van der Waals surface area contributed by atoms with Gasteiger partial charge >= 0.3 is 0 Å². The third-order valence-electron chi connectivity index (χ3n) is 6.33. The Morgan fingerprint density at radius 3 is 2.50 bits per heavy atom. The van der Waals surface area contributed by atoms with Gasteiger partial charge in [0.05, 0.1) is 4.90 Å². The highest BCUT2D eigenvalue weighted by Gasteiger charge is 2.30. The molecule has 5 rings (SSSR count). The minimum absolute atomic E-state index is 0.168. The second-order valence-corrected chi connectivity index (χ2v) is 10.6. The summed E-state index contributed by atoms with van der Waals surface area (Å²) < 4.78 is 38.7. The summed E-state index contributed by atoms with van der Waals surface area (Å²) in [4.78, 5) is 27.1. The molecule has 1 saturated heterocycles. The van der Waals surface area contributed by atoms with E-state index in [1.54, 1.807) is 30.3 Å². The molecule has 0 radical (unpaired) electrons. The molecule has 3 heterocycles. The van der Waals surface area contributed by atoms with E-state index in [0.29, 0.717) is 55.6 Å². The molecule has 34 heavy (non-hydrogen) atoms. The van der Waals surface area contributed by atoms with Crippen molar-refractivity contribution in [2.75, 3.05) is 43.1 Å². The number of amides is 2. The number of rotatable bonds is 5. The molecule has 3 aliphatic heterocycles. The van der Waals surface area contributed by atoms with Gasteiger partial charge in [-0.1, -0.05) is 6.42 Å². The lowest BCUT2D eigenvalue weighted by atomic mass is 10.0. The van der Waals surface area contributed by atoms with Crippen LogP contribution in [0, 0.1) is 0 Å². The number of hydrogen-bond acceptors (Lipinski definition) is 6. The Morgan fingerprint density at radius 2 is 1.71 bits per heavy atom. The van der Waals surface area contributed by atoms with Crippen LogP contribution in [0.3, 0.4) is 0 Å². The van der Waals surface area contributed by atoms with Crippen molar-refractivity contribution in [3.8, 4) is 11.5 Å². The SMILES string of the molecule is O=C(CN1C(=O)CCc2cc(S(=O)(=O)N3CCCCC3)ccc21)Nc1ccc2c(c1)OCCO2. The van der Waals surface area contributed by atoms with Crippen molar-refractivity contribution in [2.24, 2.45) is 0 Å². The highest BCUT2D eigenvalue weighted by atomic mass is 32.2. The molecule has 9 nitrogen and oxygen atoms in total. The summed E-state index contributed by atoms with van der Waals surface area (Å²) in [5.74, 6) is 0.657. The maximum Gasteiger partial charge on any atom is 0.244 e. The van der Waals surface area contributed by atoms with E-state index in [1.165, 1.54) is 15.3 Å². The molecule has 0 spiro atoms. The second kappa shape index (κ2) is 9.27. The Balaban J connectivity index is 1.32. The molecule has 2 aromatic rings. The van der Waals surface area contributed by atoms with Gasteiger partial charge in [-0.05, 0) is 55.2 Å².